The number of likely N-dealkylation sites (tertiary alicyclic amines) is 1. The number of carbonyl (C=O) groups excluding carboxylic acids is 1. The number of benzene rings is 2. The minimum absolute atomic E-state index is 0.0402. The fourth-order valence-electron chi connectivity index (χ4n) is 3.37. The summed E-state index contributed by atoms with van der Waals surface area (Å²) in [6, 6.07) is 12.1. The fourth-order valence-corrected chi connectivity index (χ4v) is 4.99. The van der Waals surface area contributed by atoms with Crippen LogP contribution in [0, 0.1) is 0 Å². The lowest BCUT2D eigenvalue weighted by molar-refractivity contribution is 0.0789. The molecule has 2 aromatic carbocycles. The summed E-state index contributed by atoms with van der Waals surface area (Å²) >= 11 is 1.44. The molecule has 6 nitrogen and oxygen atoms in total. The standard InChI is InChI=1S/C22H28N2O4S2/c1-16(2)28-18-8-6-7-17(13-18)15-23-30(26,27)19-9-10-21(29-3)20(14-19)22(25)24-11-4-5-12-24/h6-10,13-14,16,23H,4-5,11-12,15H2,1-3H3. The minimum atomic E-state index is -3.77. The molecule has 162 valence electrons. The molecule has 0 bridgehead atoms. The molecule has 2 aromatic rings. The Morgan fingerprint density at radius 3 is 2.57 bits per heavy atom. The van der Waals surface area contributed by atoms with Gasteiger partial charge in [0.05, 0.1) is 16.6 Å². The van der Waals surface area contributed by atoms with Gasteiger partial charge in [-0.1, -0.05) is 12.1 Å². The quantitative estimate of drug-likeness (QED) is 0.620. The van der Waals surface area contributed by atoms with Gasteiger partial charge in [0.1, 0.15) is 5.75 Å². The average molecular weight is 449 g/mol. The summed E-state index contributed by atoms with van der Waals surface area (Å²) in [6.45, 7) is 5.45. The number of ether oxygens (including phenoxy) is 1. The lowest BCUT2D eigenvalue weighted by Gasteiger charge is -2.18. The number of amides is 1. The maximum atomic E-state index is 12.9. The Labute approximate surface area is 183 Å². The molecule has 3 rings (SSSR count). The molecule has 1 fully saturated rings. The van der Waals surface area contributed by atoms with Crippen LogP contribution in [0.5, 0.6) is 5.75 Å². The van der Waals surface area contributed by atoms with E-state index in [0.717, 1.165) is 36.4 Å². The van der Waals surface area contributed by atoms with E-state index < -0.39 is 10.0 Å². The first-order valence-corrected chi connectivity index (χ1v) is 12.7. The van der Waals surface area contributed by atoms with Gasteiger partial charge in [0, 0.05) is 24.5 Å². The van der Waals surface area contributed by atoms with Gasteiger partial charge < -0.3 is 9.64 Å². The van der Waals surface area contributed by atoms with E-state index in [9.17, 15) is 13.2 Å². The van der Waals surface area contributed by atoms with Crippen LogP contribution in [0.4, 0.5) is 0 Å². The first-order chi connectivity index (χ1) is 14.3. The Balaban J connectivity index is 1.79. The maximum absolute atomic E-state index is 12.9. The van der Waals surface area contributed by atoms with E-state index in [1.807, 2.05) is 44.4 Å². The van der Waals surface area contributed by atoms with Crippen molar-refractivity contribution in [3.63, 3.8) is 0 Å². The molecule has 1 heterocycles. The monoisotopic (exact) mass is 448 g/mol. The van der Waals surface area contributed by atoms with Crippen LogP contribution in [0.3, 0.4) is 0 Å². The molecule has 1 aliphatic rings. The van der Waals surface area contributed by atoms with Crippen molar-refractivity contribution in [2.24, 2.45) is 0 Å². The van der Waals surface area contributed by atoms with E-state index in [-0.39, 0.29) is 23.5 Å². The molecule has 0 saturated carbocycles. The molecule has 0 radical (unpaired) electrons. The van der Waals surface area contributed by atoms with Crippen LogP contribution in [0.15, 0.2) is 52.3 Å². The molecule has 30 heavy (non-hydrogen) atoms. The van der Waals surface area contributed by atoms with Gasteiger partial charge in [0.2, 0.25) is 10.0 Å². The molecular formula is C22H28N2O4S2. The van der Waals surface area contributed by atoms with Gasteiger partial charge in [0.25, 0.3) is 5.91 Å². The van der Waals surface area contributed by atoms with Crippen LogP contribution in [0.2, 0.25) is 0 Å². The molecule has 1 aliphatic heterocycles. The Bertz CT molecular complexity index is 1000. The first-order valence-electron chi connectivity index (χ1n) is 10.0. The number of nitrogens with zero attached hydrogens (tertiary/aromatic N) is 1. The van der Waals surface area contributed by atoms with Gasteiger partial charge in [-0.05, 0) is 68.8 Å². The van der Waals surface area contributed by atoms with Gasteiger partial charge in [-0.15, -0.1) is 11.8 Å². The summed E-state index contributed by atoms with van der Waals surface area (Å²) < 4.78 is 34.1. The van der Waals surface area contributed by atoms with Gasteiger partial charge in [-0.2, -0.15) is 0 Å². The molecular weight excluding hydrogens is 420 g/mol. The highest BCUT2D eigenvalue weighted by Crippen LogP contribution is 2.26. The van der Waals surface area contributed by atoms with E-state index in [0.29, 0.717) is 11.3 Å². The predicted octanol–water partition coefficient (Wildman–Crippen LogP) is 3.91. The Hall–Kier alpha value is -2.03. The summed E-state index contributed by atoms with van der Waals surface area (Å²) in [7, 11) is -3.77. The predicted molar refractivity (Wildman–Crippen MR) is 120 cm³/mol. The Morgan fingerprint density at radius 1 is 1.17 bits per heavy atom. The van der Waals surface area contributed by atoms with Crippen molar-refractivity contribution in [1.29, 1.82) is 0 Å². The number of nitrogens with one attached hydrogen (secondary N) is 1. The number of hydrogen-bond acceptors (Lipinski definition) is 5. The van der Waals surface area contributed by atoms with Gasteiger partial charge in [-0.25, -0.2) is 13.1 Å². The molecule has 1 N–H and O–H groups in total. The molecule has 1 saturated heterocycles. The first kappa shape index (κ1) is 22.7. The fraction of sp³-hybridized carbons (Fsp3) is 0.409. The third kappa shape index (κ3) is 5.56. The number of hydrogen-bond donors (Lipinski definition) is 1. The SMILES string of the molecule is CSc1ccc(S(=O)(=O)NCc2cccc(OC(C)C)c2)cc1C(=O)N1CCCC1. The molecule has 0 spiro atoms. The minimum Gasteiger partial charge on any atom is -0.491 e. The zero-order valence-electron chi connectivity index (χ0n) is 17.6. The van der Waals surface area contributed by atoms with Crippen molar-refractivity contribution >= 4 is 27.7 Å². The van der Waals surface area contributed by atoms with E-state index in [4.69, 9.17) is 4.74 Å². The van der Waals surface area contributed by atoms with Crippen molar-refractivity contribution < 1.29 is 17.9 Å². The van der Waals surface area contributed by atoms with Crippen LogP contribution in [0.25, 0.3) is 0 Å². The zero-order chi connectivity index (χ0) is 21.7. The van der Waals surface area contributed by atoms with Crippen molar-refractivity contribution in [3.8, 4) is 5.75 Å². The summed E-state index contributed by atoms with van der Waals surface area (Å²) in [6.07, 6.45) is 3.90. The smallest absolute Gasteiger partial charge is 0.255 e. The average Bonchev–Trinajstić information content (AvgIpc) is 3.26. The Morgan fingerprint density at radius 2 is 1.90 bits per heavy atom. The van der Waals surface area contributed by atoms with Gasteiger partial charge >= 0.3 is 0 Å². The third-order valence-electron chi connectivity index (χ3n) is 4.84. The number of thioether (sulfide) groups is 1. The van der Waals surface area contributed by atoms with E-state index in [1.165, 1.54) is 17.8 Å². The van der Waals surface area contributed by atoms with E-state index in [1.54, 1.807) is 17.0 Å². The summed E-state index contributed by atoms with van der Waals surface area (Å²) in [5.74, 6) is 0.594. The lowest BCUT2D eigenvalue weighted by atomic mass is 10.2. The second-order valence-electron chi connectivity index (χ2n) is 7.50. The van der Waals surface area contributed by atoms with Crippen molar-refractivity contribution in [2.75, 3.05) is 19.3 Å². The van der Waals surface area contributed by atoms with Gasteiger partial charge in [0.15, 0.2) is 0 Å². The van der Waals surface area contributed by atoms with Crippen molar-refractivity contribution in [2.45, 2.75) is 49.1 Å². The molecule has 0 unspecified atom stereocenters. The van der Waals surface area contributed by atoms with Crippen molar-refractivity contribution in [3.05, 3.63) is 53.6 Å². The van der Waals surface area contributed by atoms with Crippen LogP contribution in [-0.4, -0.2) is 44.7 Å². The number of rotatable bonds is 8. The number of carbonyl (C=O) groups is 1. The summed E-state index contributed by atoms with van der Waals surface area (Å²) in [4.78, 5) is 15.6. The highest BCUT2D eigenvalue weighted by Gasteiger charge is 2.24. The van der Waals surface area contributed by atoms with Crippen molar-refractivity contribution in [1.82, 2.24) is 9.62 Å². The van der Waals surface area contributed by atoms with Crippen LogP contribution in [0.1, 0.15) is 42.6 Å². The lowest BCUT2D eigenvalue weighted by Crippen LogP contribution is -2.29. The van der Waals surface area contributed by atoms with Crippen LogP contribution >= 0.6 is 11.8 Å². The third-order valence-corrected chi connectivity index (χ3v) is 7.04. The van der Waals surface area contributed by atoms with E-state index >= 15 is 0 Å². The number of sulfonamides is 1. The highest BCUT2D eigenvalue weighted by molar-refractivity contribution is 7.98. The highest BCUT2D eigenvalue weighted by atomic mass is 32.2. The molecule has 1 amide bonds. The largest absolute Gasteiger partial charge is 0.491 e. The van der Waals surface area contributed by atoms with Crippen LogP contribution in [-0.2, 0) is 16.6 Å². The maximum Gasteiger partial charge on any atom is 0.255 e. The van der Waals surface area contributed by atoms with E-state index in [2.05, 4.69) is 4.72 Å². The topological polar surface area (TPSA) is 75.7 Å². The summed E-state index contributed by atoms with van der Waals surface area (Å²) in [5.41, 5.74) is 1.24. The molecule has 0 aromatic heterocycles. The second kappa shape index (κ2) is 9.85. The van der Waals surface area contributed by atoms with Gasteiger partial charge in [-0.3, -0.25) is 4.79 Å². The zero-order valence-corrected chi connectivity index (χ0v) is 19.2. The van der Waals surface area contributed by atoms with Crippen LogP contribution < -0.4 is 9.46 Å². The molecule has 0 aliphatic carbocycles. The normalized spacial score (nSPS) is 14.3. The Kier molecular flexibility index (Phi) is 7.44. The molecule has 0 atom stereocenters. The molecule has 8 heteroatoms. The summed E-state index contributed by atoms with van der Waals surface area (Å²) in [5, 5.41) is 0. The second-order valence-corrected chi connectivity index (χ2v) is 10.1.